The lowest BCUT2D eigenvalue weighted by Crippen LogP contribution is -2.22. The summed E-state index contributed by atoms with van der Waals surface area (Å²) in [7, 11) is -2.25. The molecule has 4 heteroatoms. The molecular formula is C32H29NP2S. The van der Waals surface area contributed by atoms with Gasteiger partial charge in [0.25, 0.3) is 0 Å². The Morgan fingerprint density at radius 1 is 0.444 bits per heavy atom. The summed E-state index contributed by atoms with van der Waals surface area (Å²) in [4.78, 5) is 0. The van der Waals surface area contributed by atoms with E-state index >= 15 is 0 Å². The first-order chi connectivity index (χ1) is 17.7. The lowest BCUT2D eigenvalue weighted by atomic mass is 10.2. The Kier molecular flexibility index (Phi) is 7.78. The van der Waals surface area contributed by atoms with E-state index in [4.69, 9.17) is 16.3 Å². The van der Waals surface area contributed by atoms with E-state index in [1.165, 1.54) is 16.2 Å². The van der Waals surface area contributed by atoms with Crippen LogP contribution in [0.4, 0.5) is 0 Å². The summed E-state index contributed by atoms with van der Waals surface area (Å²) in [6.07, 6.45) is -0.611. The predicted octanol–water partition coefficient (Wildman–Crippen LogP) is 7.13. The molecule has 0 amide bonds. The van der Waals surface area contributed by atoms with Gasteiger partial charge in [-0.1, -0.05) is 163 Å². The Labute approximate surface area is 220 Å². The number of hydrogen-bond acceptors (Lipinski definition) is 1. The number of rotatable bonds is 8. The molecule has 5 rings (SSSR count). The Hall–Kier alpha value is -3.02. The second kappa shape index (κ2) is 11.4. The van der Waals surface area contributed by atoms with Crippen LogP contribution in [-0.4, -0.2) is 6.16 Å². The maximum Gasteiger partial charge on any atom is 0.111 e. The molecule has 0 N–H and O–H groups in total. The first kappa shape index (κ1) is 24.7. The maximum absolute atomic E-state index is 6.69. The quantitative estimate of drug-likeness (QED) is 0.198. The van der Waals surface area contributed by atoms with Gasteiger partial charge in [0.05, 0.1) is 0 Å². The van der Waals surface area contributed by atoms with Crippen molar-refractivity contribution in [1.29, 1.82) is 0 Å². The third-order valence-corrected chi connectivity index (χ3v) is 15.7. The number of nitrogens with zero attached hydrogens (tertiary/aromatic N) is 1. The lowest BCUT2D eigenvalue weighted by molar-refractivity contribution is 1.15. The zero-order valence-electron chi connectivity index (χ0n) is 20.1. The molecule has 0 aliphatic rings. The van der Waals surface area contributed by atoms with E-state index in [0.29, 0.717) is 0 Å². The fraction of sp³-hybridized carbons (Fsp3) is 0.0625. The highest BCUT2D eigenvalue weighted by Crippen LogP contribution is 2.60. The molecule has 0 saturated carbocycles. The van der Waals surface area contributed by atoms with Gasteiger partial charge in [0.15, 0.2) is 0 Å². The van der Waals surface area contributed by atoms with Crippen LogP contribution in [0.1, 0.15) is 5.56 Å². The molecule has 0 fully saturated rings. The number of benzene rings is 5. The van der Waals surface area contributed by atoms with E-state index in [2.05, 4.69) is 152 Å². The van der Waals surface area contributed by atoms with Gasteiger partial charge in [0.1, 0.15) is 6.19 Å². The maximum atomic E-state index is 6.69. The standard InChI is InChI=1S/C32H29NP2S/c36-35(31-22-12-4-13-23-31,32-24-14-5-15-25-32)33-34(29-18-8-2-9-19-29,30-20-10-3-11-21-30)27-26-28-16-6-1-7-17-28/h1-25H,26-27H2. The van der Waals surface area contributed by atoms with Crippen LogP contribution in [0.5, 0.6) is 0 Å². The topological polar surface area (TPSA) is 12.4 Å². The Morgan fingerprint density at radius 2 is 0.778 bits per heavy atom. The van der Waals surface area contributed by atoms with Crippen molar-refractivity contribution in [1.82, 2.24) is 0 Å². The van der Waals surface area contributed by atoms with Crippen molar-refractivity contribution in [3.05, 3.63) is 157 Å². The van der Waals surface area contributed by atoms with Gasteiger partial charge in [-0.15, -0.1) is 0 Å². The average molecular weight is 522 g/mol. The molecule has 0 unspecified atom stereocenters. The molecule has 36 heavy (non-hydrogen) atoms. The minimum absolute atomic E-state index is 0.934. The molecule has 178 valence electrons. The number of aryl methyl sites for hydroxylation is 1. The van der Waals surface area contributed by atoms with Crippen LogP contribution in [-0.2, 0) is 18.2 Å². The van der Waals surface area contributed by atoms with Gasteiger partial charge < -0.3 is 0 Å². The first-order valence-corrected chi connectivity index (χ1v) is 16.9. The Morgan fingerprint density at radius 3 is 1.17 bits per heavy atom. The van der Waals surface area contributed by atoms with E-state index in [1.807, 2.05) is 0 Å². The van der Waals surface area contributed by atoms with E-state index in [-0.39, 0.29) is 0 Å². The second-order valence-corrected chi connectivity index (χ2v) is 16.2. The van der Waals surface area contributed by atoms with Gasteiger partial charge in [-0.25, -0.2) is 0 Å². The smallest absolute Gasteiger partial charge is 0.111 e. The van der Waals surface area contributed by atoms with E-state index in [0.717, 1.165) is 23.2 Å². The normalized spacial score (nSPS) is 11.7. The highest BCUT2D eigenvalue weighted by molar-refractivity contribution is 8.22. The van der Waals surface area contributed by atoms with Crippen LogP contribution in [0, 0.1) is 0 Å². The first-order valence-electron chi connectivity index (χ1n) is 12.2. The van der Waals surface area contributed by atoms with E-state index in [9.17, 15) is 0 Å². The highest BCUT2D eigenvalue weighted by atomic mass is 32.4. The third kappa shape index (κ3) is 5.23. The molecule has 0 radical (unpaired) electrons. The molecule has 0 spiro atoms. The lowest BCUT2D eigenvalue weighted by Gasteiger charge is -2.31. The Balaban J connectivity index is 1.83. The monoisotopic (exact) mass is 521 g/mol. The highest BCUT2D eigenvalue weighted by Gasteiger charge is 2.31. The molecule has 5 aromatic carbocycles. The molecular weight excluding hydrogens is 492 g/mol. The van der Waals surface area contributed by atoms with Crippen LogP contribution in [0.15, 0.2) is 156 Å². The molecule has 0 atom stereocenters. The molecule has 0 aromatic heterocycles. The van der Waals surface area contributed by atoms with Crippen molar-refractivity contribution in [3.63, 3.8) is 0 Å². The van der Waals surface area contributed by atoms with Crippen LogP contribution >= 0.6 is 13.2 Å². The number of hydrogen-bond donors (Lipinski definition) is 0. The summed E-state index contributed by atoms with van der Waals surface area (Å²) in [5, 5.41) is 4.85. The molecule has 0 saturated heterocycles. The summed E-state index contributed by atoms with van der Waals surface area (Å²) >= 11 is 6.69. The SMILES string of the molecule is S=P(N=P(CCc1ccccc1)(c1ccccc1)c1ccccc1)(c1ccccc1)c1ccccc1. The summed E-state index contributed by atoms with van der Waals surface area (Å²) in [5.74, 6) is 0. The van der Waals surface area contributed by atoms with Crippen LogP contribution < -0.4 is 21.2 Å². The molecule has 0 bridgehead atoms. The largest absolute Gasteiger partial charge is 0.253 e. The fourth-order valence-electron chi connectivity index (χ4n) is 4.57. The summed E-state index contributed by atoms with van der Waals surface area (Å²) in [6, 6.07) is 53.6. The zero-order valence-corrected chi connectivity index (χ0v) is 22.7. The average Bonchev–Trinajstić information content (AvgIpc) is 2.97. The van der Waals surface area contributed by atoms with Gasteiger partial charge >= 0.3 is 0 Å². The molecule has 5 aromatic rings. The van der Waals surface area contributed by atoms with Gasteiger partial charge in [-0.2, -0.15) is 0 Å². The predicted molar refractivity (Wildman–Crippen MR) is 163 cm³/mol. The van der Waals surface area contributed by atoms with E-state index < -0.39 is 13.2 Å². The minimum Gasteiger partial charge on any atom is -0.253 e. The van der Waals surface area contributed by atoms with Crippen molar-refractivity contribution in [3.8, 4) is 0 Å². The Bertz CT molecular complexity index is 1400. The third-order valence-electron chi connectivity index (χ3n) is 6.42. The van der Waals surface area contributed by atoms with Gasteiger partial charge in [-0.3, -0.25) is 4.52 Å². The van der Waals surface area contributed by atoms with E-state index in [1.54, 1.807) is 0 Å². The van der Waals surface area contributed by atoms with Crippen molar-refractivity contribution in [2.45, 2.75) is 6.42 Å². The summed E-state index contributed by atoms with van der Waals surface area (Å²) < 4.78 is 5.97. The second-order valence-electron chi connectivity index (χ2n) is 8.74. The molecule has 0 aliphatic heterocycles. The zero-order chi connectivity index (χ0) is 24.7. The van der Waals surface area contributed by atoms with Gasteiger partial charge in [0, 0.05) is 17.7 Å². The van der Waals surface area contributed by atoms with Crippen molar-refractivity contribution < 1.29 is 0 Å². The molecule has 0 heterocycles. The van der Waals surface area contributed by atoms with Crippen LogP contribution in [0.25, 0.3) is 0 Å². The summed E-state index contributed by atoms with van der Waals surface area (Å²) in [6.45, 7) is 0. The van der Waals surface area contributed by atoms with Crippen LogP contribution in [0.3, 0.4) is 0 Å². The molecule has 1 nitrogen and oxygen atoms in total. The van der Waals surface area contributed by atoms with Crippen molar-refractivity contribution in [2.24, 2.45) is 4.52 Å². The molecule has 0 aliphatic carbocycles. The van der Waals surface area contributed by atoms with Crippen molar-refractivity contribution in [2.75, 3.05) is 6.16 Å². The summed E-state index contributed by atoms with van der Waals surface area (Å²) in [5.41, 5.74) is 1.33. The van der Waals surface area contributed by atoms with Crippen molar-refractivity contribution >= 4 is 46.3 Å². The van der Waals surface area contributed by atoms with Crippen LogP contribution in [0.2, 0.25) is 0 Å². The fourth-order valence-corrected chi connectivity index (χ4v) is 14.3. The van der Waals surface area contributed by atoms with Gasteiger partial charge in [0.2, 0.25) is 0 Å². The van der Waals surface area contributed by atoms with Gasteiger partial charge in [-0.05, 0) is 28.8 Å². The minimum atomic E-state index is -2.49.